The molecule has 2 aromatic heterocycles. The van der Waals surface area contributed by atoms with Gasteiger partial charge in [0.1, 0.15) is 0 Å². The van der Waals surface area contributed by atoms with Gasteiger partial charge in [-0.25, -0.2) is 4.98 Å². The van der Waals surface area contributed by atoms with E-state index < -0.39 is 0 Å². The highest BCUT2D eigenvalue weighted by Crippen LogP contribution is 2.21. The van der Waals surface area contributed by atoms with Crippen LogP contribution < -0.4 is 5.32 Å². The summed E-state index contributed by atoms with van der Waals surface area (Å²) in [5.74, 6) is 0. The monoisotopic (exact) mass is 285 g/mol. The normalized spacial score (nSPS) is 11.1. The van der Waals surface area contributed by atoms with E-state index in [9.17, 15) is 0 Å². The fourth-order valence-corrected chi connectivity index (χ4v) is 3.29. The van der Waals surface area contributed by atoms with Crippen molar-refractivity contribution in [3.05, 3.63) is 52.8 Å². The van der Waals surface area contributed by atoms with Gasteiger partial charge in [0.25, 0.3) is 0 Å². The third kappa shape index (κ3) is 2.43. The van der Waals surface area contributed by atoms with Crippen molar-refractivity contribution in [1.29, 1.82) is 0 Å². The van der Waals surface area contributed by atoms with Crippen LogP contribution in [0.3, 0.4) is 0 Å². The van der Waals surface area contributed by atoms with E-state index in [4.69, 9.17) is 0 Å². The van der Waals surface area contributed by atoms with Gasteiger partial charge in [-0.15, -0.1) is 11.3 Å². The van der Waals surface area contributed by atoms with E-state index in [0.29, 0.717) is 0 Å². The lowest BCUT2D eigenvalue weighted by Crippen LogP contribution is -2.05. The number of hydrogen-bond acceptors (Lipinski definition) is 3. The molecule has 0 amide bonds. The molecule has 3 aromatic rings. The standard InChI is InChI=1S/C16H19N3S/c1-3-6-13-7-4-5-8-14(13)17-11-15-12(2)18-16-19(15)9-10-20-16/h4-5,7-10,17H,3,6,11H2,1-2H3. The van der Waals surface area contributed by atoms with E-state index in [1.165, 1.54) is 23.4 Å². The van der Waals surface area contributed by atoms with Crippen molar-refractivity contribution < 1.29 is 0 Å². The third-order valence-corrected chi connectivity index (χ3v) is 4.30. The largest absolute Gasteiger partial charge is 0.379 e. The van der Waals surface area contributed by atoms with Gasteiger partial charge >= 0.3 is 0 Å². The number of rotatable bonds is 5. The van der Waals surface area contributed by atoms with Crippen molar-refractivity contribution >= 4 is 22.0 Å². The van der Waals surface area contributed by atoms with Crippen LogP contribution in [0.2, 0.25) is 0 Å². The summed E-state index contributed by atoms with van der Waals surface area (Å²) in [4.78, 5) is 5.66. The Labute approximate surface area is 123 Å². The number of fused-ring (bicyclic) bond motifs is 1. The molecule has 104 valence electrons. The Hall–Kier alpha value is -1.81. The molecule has 1 aromatic carbocycles. The predicted molar refractivity (Wildman–Crippen MR) is 85.6 cm³/mol. The Bertz CT molecular complexity index is 711. The quantitative estimate of drug-likeness (QED) is 0.758. The van der Waals surface area contributed by atoms with Gasteiger partial charge in [-0.2, -0.15) is 0 Å². The Morgan fingerprint density at radius 2 is 2.15 bits per heavy atom. The summed E-state index contributed by atoms with van der Waals surface area (Å²) in [6.45, 7) is 5.10. The molecule has 2 heterocycles. The van der Waals surface area contributed by atoms with Crippen molar-refractivity contribution in [3.63, 3.8) is 0 Å². The molecule has 0 aliphatic rings. The molecule has 0 atom stereocenters. The average molecular weight is 285 g/mol. The maximum Gasteiger partial charge on any atom is 0.194 e. The fraction of sp³-hybridized carbons (Fsp3) is 0.312. The minimum absolute atomic E-state index is 0.810. The summed E-state index contributed by atoms with van der Waals surface area (Å²) in [6, 6.07) is 8.56. The second kappa shape index (κ2) is 5.67. The molecule has 0 saturated heterocycles. The Balaban J connectivity index is 1.83. The van der Waals surface area contributed by atoms with Crippen molar-refractivity contribution in [2.75, 3.05) is 5.32 Å². The van der Waals surface area contributed by atoms with E-state index in [2.05, 4.69) is 64.4 Å². The molecule has 0 bridgehead atoms. The second-order valence-electron chi connectivity index (χ2n) is 4.96. The van der Waals surface area contributed by atoms with Gasteiger partial charge in [0.05, 0.1) is 17.9 Å². The smallest absolute Gasteiger partial charge is 0.194 e. The molecule has 0 fully saturated rings. The highest BCUT2D eigenvalue weighted by atomic mass is 32.1. The second-order valence-corrected chi connectivity index (χ2v) is 5.83. The van der Waals surface area contributed by atoms with Gasteiger partial charge in [0.2, 0.25) is 0 Å². The number of hydrogen-bond donors (Lipinski definition) is 1. The maximum atomic E-state index is 4.59. The van der Waals surface area contributed by atoms with Gasteiger partial charge in [0.15, 0.2) is 4.96 Å². The first-order valence-electron chi connectivity index (χ1n) is 7.02. The zero-order chi connectivity index (χ0) is 13.9. The van der Waals surface area contributed by atoms with Crippen LogP contribution in [0.4, 0.5) is 5.69 Å². The number of nitrogens with one attached hydrogen (secondary N) is 1. The van der Waals surface area contributed by atoms with Crippen molar-refractivity contribution in [3.8, 4) is 0 Å². The number of aromatic nitrogens is 2. The topological polar surface area (TPSA) is 29.3 Å². The number of thiazole rings is 1. The van der Waals surface area contributed by atoms with Crippen molar-refractivity contribution in [2.24, 2.45) is 0 Å². The lowest BCUT2D eigenvalue weighted by molar-refractivity contribution is 0.915. The van der Waals surface area contributed by atoms with E-state index in [0.717, 1.165) is 23.6 Å². The van der Waals surface area contributed by atoms with Crippen LogP contribution in [-0.4, -0.2) is 9.38 Å². The van der Waals surface area contributed by atoms with E-state index in [-0.39, 0.29) is 0 Å². The molecular formula is C16H19N3S. The zero-order valence-corrected chi connectivity index (χ0v) is 12.7. The number of anilines is 1. The van der Waals surface area contributed by atoms with Crippen LogP contribution in [0, 0.1) is 6.92 Å². The van der Waals surface area contributed by atoms with E-state index in [1.54, 1.807) is 11.3 Å². The SMILES string of the molecule is CCCc1ccccc1NCc1c(C)nc2sccn12. The van der Waals surface area contributed by atoms with Crippen molar-refractivity contribution in [1.82, 2.24) is 9.38 Å². The van der Waals surface area contributed by atoms with Gasteiger partial charge < -0.3 is 5.32 Å². The summed E-state index contributed by atoms with van der Waals surface area (Å²) in [7, 11) is 0. The zero-order valence-electron chi connectivity index (χ0n) is 11.9. The molecule has 4 heteroatoms. The predicted octanol–water partition coefficient (Wildman–Crippen LogP) is 4.27. The van der Waals surface area contributed by atoms with Crippen molar-refractivity contribution in [2.45, 2.75) is 33.2 Å². The number of aryl methyl sites for hydroxylation is 2. The lowest BCUT2D eigenvalue weighted by atomic mass is 10.1. The van der Waals surface area contributed by atoms with Crippen LogP contribution in [0.1, 0.15) is 30.3 Å². The van der Waals surface area contributed by atoms with Gasteiger partial charge in [-0.3, -0.25) is 4.40 Å². The van der Waals surface area contributed by atoms with Gasteiger partial charge in [-0.05, 0) is 25.0 Å². The summed E-state index contributed by atoms with van der Waals surface area (Å²) < 4.78 is 2.18. The molecule has 1 N–H and O–H groups in total. The average Bonchev–Trinajstić information content (AvgIpc) is 2.99. The first-order chi connectivity index (χ1) is 9.79. The number of benzene rings is 1. The Morgan fingerprint density at radius 1 is 1.30 bits per heavy atom. The number of para-hydroxylation sites is 1. The summed E-state index contributed by atoms with van der Waals surface area (Å²) in [6.07, 6.45) is 4.37. The highest BCUT2D eigenvalue weighted by Gasteiger charge is 2.09. The summed E-state index contributed by atoms with van der Waals surface area (Å²) >= 11 is 1.68. The highest BCUT2D eigenvalue weighted by molar-refractivity contribution is 7.15. The molecule has 3 rings (SSSR count). The molecular weight excluding hydrogens is 266 g/mol. The first-order valence-corrected chi connectivity index (χ1v) is 7.90. The molecule has 0 unspecified atom stereocenters. The molecule has 0 radical (unpaired) electrons. The third-order valence-electron chi connectivity index (χ3n) is 3.54. The Kier molecular flexibility index (Phi) is 3.74. The molecule has 3 nitrogen and oxygen atoms in total. The summed E-state index contributed by atoms with van der Waals surface area (Å²) in [5.41, 5.74) is 4.97. The molecule has 20 heavy (non-hydrogen) atoms. The van der Waals surface area contributed by atoms with Gasteiger partial charge in [0, 0.05) is 17.3 Å². The van der Waals surface area contributed by atoms with Gasteiger partial charge in [-0.1, -0.05) is 31.5 Å². The van der Waals surface area contributed by atoms with E-state index in [1.807, 2.05) is 0 Å². The fourth-order valence-electron chi connectivity index (χ4n) is 2.51. The minimum atomic E-state index is 0.810. The molecule has 0 aliphatic carbocycles. The summed E-state index contributed by atoms with van der Waals surface area (Å²) in [5, 5.41) is 5.65. The molecule has 0 aliphatic heterocycles. The number of nitrogens with zero attached hydrogens (tertiary/aromatic N) is 2. The van der Waals surface area contributed by atoms with E-state index >= 15 is 0 Å². The van der Waals surface area contributed by atoms with Crippen LogP contribution >= 0.6 is 11.3 Å². The molecule has 0 saturated carbocycles. The molecule has 0 spiro atoms. The minimum Gasteiger partial charge on any atom is -0.379 e. The van der Waals surface area contributed by atoms with Crippen LogP contribution in [0.15, 0.2) is 35.8 Å². The lowest BCUT2D eigenvalue weighted by Gasteiger charge is -2.11. The Morgan fingerprint density at radius 3 is 3.00 bits per heavy atom. The van der Waals surface area contributed by atoms with Crippen LogP contribution in [0.5, 0.6) is 0 Å². The first kappa shape index (κ1) is 13.2. The van der Waals surface area contributed by atoms with Crippen LogP contribution in [-0.2, 0) is 13.0 Å². The van der Waals surface area contributed by atoms with Crippen LogP contribution in [0.25, 0.3) is 4.96 Å². The maximum absolute atomic E-state index is 4.59. The number of imidazole rings is 1.